The van der Waals surface area contributed by atoms with Crippen LogP contribution in [0.25, 0.3) is 0 Å². The van der Waals surface area contributed by atoms with E-state index in [9.17, 15) is 14.4 Å². The standard InChI is InChI=1S/C20H26N4O3S/c1-5-10-24(11-6-2)19(26)14-12-16(20(27)23(3)13-14)22-17(25)15-8-7-9-21-18(15)28-4/h7-9,12-13H,5-6,10-11H2,1-4H3,(H,22,25). The summed E-state index contributed by atoms with van der Waals surface area (Å²) >= 11 is 1.35. The predicted octanol–water partition coefficient (Wildman–Crippen LogP) is 3.02. The molecule has 0 aromatic carbocycles. The van der Waals surface area contributed by atoms with Crippen LogP contribution in [0.5, 0.6) is 0 Å². The lowest BCUT2D eigenvalue weighted by Crippen LogP contribution is -2.34. The van der Waals surface area contributed by atoms with Gasteiger partial charge in [0.05, 0.1) is 11.1 Å². The van der Waals surface area contributed by atoms with Gasteiger partial charge >= 0.3 is 0 Å². The third-order valence-electron chi connectivity index (χ3n) is 4.16. The van der Waals surface area contributed by atoms with Crippen molar-refractivity contribution in [1.82, 2.24) is 14.5 Å². The van der Waals surface area contributed by atoms with Crippen molar-refractivity contribution >= 4 is 29.3 Å². The van der Waals surface area contributed by atoms with Crippen molar-refractivity contribution in [1.29, 1.82) is 0 Å². The van der Waals surface area contributed by atoms with Gasteiger partial charge in [0, 0.05) is 32.5 Å². The molecule has 0 spiro atoms. The van der Waals surface area contributed by atoms with Gasteiger partial charge in [0.25, 0.3) is 17.4 Å². The zero-order chi connectivity index (χ0) is 20.7. The van der Waals surface area contributed by atoms with Crippen LogP contribution in [0.15, 0.2) is 40.4 Å². The fourth-order valence-corrected chi connectivity index (χ4v) is 3.42. The van der Waals surface area contributed by atoms with Gasteiger partial charge in [-0.3, -0.25) is 14.4 Å². The molecule has 0 aliphatic carbocycles. The Balaban J connectivity index is 2.36. The summed E-state index contributed by atoms with van der Waals surface area (Å²) in [7, 11) is 1.57. The molecule has 0 saturated carbocycles. The zero-order valence-electron chi connectivity index (χ0n) is 16.7. The summed E-state index contributed by atoms with van der Waals surface area (Å²) in [6.45, 7) is 5.31. The molecule has 0 atom stereocenters. The number of pyridine rings is 2. The lowest BCUT2D eigenvalue weighted by atomic mass is 10.2. The molecule has 150 valence electrons. The van der Waals surface area contributed by atoms with Gasteiger partial charge in [0.2, 0.25) is 0 Å². The summed E-state index contributed by atoms with van der Waals surface area (Å²) in [6.07, 6.45) is 6.64. The Morgan fingerprint density at radius 1 is 1.25 bits per heavy atom. The summed E-state index contributed by atoms with van der Waals surface area (Å²) in [5, 5.41) is 3.21. The Hall–Kier alpha value is -2.61. The minimum absolute atomic E-state index is 0.0715. The molecule has 2 heterocycles. The number of rotatable bonds is 8. The predicted molar refractivity (Wildman–Crippen MR) is 112 cm³/mol. The lowest BCUT2D eigenvalue weighted by molar-refractivity contribution is 0.0754. The molecule has 0 aliphatic heterocycles. The Morgan fingerprint density at radius 3 is 2.54 bits per heavy atom. The number of carbonyl (C=O) groups excluding carboxylic acids is 2. The van der Waals surface area contributed by atoms with Gasteiger partial charge < -0.3 is 14.8 Å². The molecule has 2 rings (SSSR count). The second-order valence-electron chi connectivity index (χ2n) is 6.37. The SMILES string of the molecule is CCCN(CCC)C(=O)c1cc(NC(=O)c2cccnc2SC)c(=O)n(C)c1. The minimum Gasteiger partial charge on any atom is -0.339 e. The first-order chi connectivity index (χ1) is 13.4. The molecule has 2 aromatic heterocycles. The number of hydrogen-bond acceptors (Lipinski definition) is 5. The Bertz CT molecular complexity index is 905. The van der Waals surface area contributed by atoms with Crippen LogP contribution in [-0.4, -0.2) is 45.6 Å². The van der Waals surface area contributed by atoms with E-state index in [1.807, 2.05) is 20.1 Å². The fraction of sp³-hybridized carbons (Fsp3) is 0.400. The maximum absolute atomic E-state index is 12.9. The van der Waals surface area contributed by atoms with E-state index in [0.29, 0.717) is 29.2 Å². The van der Waals surface area contributed by atoms with Crippen LogP contribution >= 0.6 is 11.8 Å². The highest BCUT2D eigenvalue weighted by Crippen LogP contribution is 2.18. The third kappa shape index (κ3) is 5.01. The van der Waals surface area contributed by atoms with E-state index in [4.69, 9.17) is 0 Å². The molecular formula is C20H26N4O3S. The number of amides is 2. The van der Waals surface area contributed by atoms with E-state index in [1.54, 1.807) is 30.3 Å². The first-order valence-corrected chi connectivity index (χ1v) is 10.5. The van der Waals surface area contributed by atoms with Gasteiger partial charge in [-0.15, -0.1) is 11.8 Å². The van der Waals surface area contributed by atoms with Gasteiger partial charge in [-0.1, -0.05) is 13.8 Å². The van der Waals surface area contributed by atoms with Crippen LogP contribution in [0, 0.1) is 0 Å². The summed E-state index contributed by atoms with van der Waals surface area (Å²) < 4.78 is 1.32. The Morgan fingerprint density at radius 2 is 1.93 bits per heavy atom. The van der Waals surface area contributed by atoms with Crippen molar-refractivity contribution in [2.45, 2.75) is 31.7 Å². The van der Waals surface area contributed by atoms with Gasteiger partial charge in [-0.25, -0.2) is 4.98 Å². The van der Waals surface area contributed by atoms with Gasteiger partial charge in [-0.2, -0.15) is 0 Å². The smallest absolute Gasteiger partial charge is 0.274 e. The number of nitrogens with zero attached hydrogens (tertiary/aromatic N) is 3. The van der Waals surface area contributed by atoms with E-state index < -0.39 is 5.91 Å². The van der Waals surface area contributed by atoms with Gasteiger partial charge in [-0.05, 0) is 37.3 Å². The van der Waals surface area contributed by atoms with E-state index in [2.05, 4.69) is 10.3 Å². The topological polar surface area (TPSA) is 84.3 Å². The van der Waals surface area contributed by atoms with Crippen LogP contribution in [-0.2, 0) is 7.05 Å². The molecule has 8 heteroatoms. The number of aromatic nitrogens is 2. The molecule has 0 radical (unpaired) electrons. The molecule has 0 aliphatic rings. The van der Waals surface area contributed by atoms with Crippen LogP contribution in [0.4, 0.5) is 5.69 Å². The first kappa shape index (κ1) is 21.7. The Kier molecular flexibility index (Phi) is 7.80. The summed E-state index contributed by atoms with van der Waals surface area (Å²) in [4.78, 5) is 44.0. The van der Waals surface area contributed by atoms with Crippen LogP contribution in [0.2, 0.25) is 0 Å². The largest absolute Gasteiger partial charge is 0.339 e. The van der Waals surface area contributed by atoms with Crippen molar-refractivity contribution in [3.05, 3.63) is 52.1 Å². The zero-order valence-corrected chi connectivity index (χ0v) is 17.5. The highest BCUT2D eigenvalue weighted by molar-refractivity contribution is 7.98. The van der Waals surface area contributed by atoms with Crippen LogP contribution in [0.1, 0.15) is 47.4 Å². The van der Waals surface area contributed by atoms with Crippen molar-refractivity contribution in [2.75, 3.05) is 24.7 Å². The van der Waals surface area contributed by atoms with E-state index in [-0.39, 0.29) is 17.2 Å². The summed E-state index contributed by atoms with van der Waals surface area (Å²) in [6, 6.07) is 4.77. The van der Waals surface area contributed by atoms with Crippen molar-refractivity contribution in [3.63, 3.8) is 0 Å². The number of hydrogen-bond donors (Lipinski definition) is 1. The third-order valence-corrected chi connectivity index (χ3v) is 4.87. The van der Waals surface area contributed by atoms with Crippen LogP contribution in [0.3, 0.4) is 0 Å². The maximum atomic E-state index is 12.9. The minimum atomic E-state index is -0.432. The number of thioether (sulfide) groups is 1. The quantitative estimate of drug-likeness (QED) is 0.686. The summed E-state index contributed by atoms with van der Waals surface area (Å²) in [5.41, 5.74) is 0.446. The molecule has 28 heavy (non-hydrogen) atoms. The molecule has 0 saturated heterocycles. The highest BCUT2D eigenvalue weighted by Gasteiger charge is 2.19. The van der Waals surface area contributed by atoms with E-state index in [0.717, 1.165) is 12.8 Å². The van der Waals surface area contributed by atoms with Gasteiger partial charge in [0.1, 0.15) is 10.7 Å². The van der Waals surface area contributed by atoms with E-state index >= 15 is 0 Å². The van der Waals surface area contributed by atoms with Crippen LogP contribution < -0.4 is 10.9 Å². The molecule has 2 aromatic rings. The maximum Gasteiger partial charge on any atom is 0.274 e. The average molecular weight is 403 g/mol. The molecular weight excluding hydrogens is 376 g/mol. The molecule has 0 unspecified atom stereocenters. The lowest BCUT2D eigenvalue weighted by Gasteiger charge is -2.22. The first-order valence-electron chi connectivity index (χ1n) is 9.23. The second kappa shape index (κ2) is 10.1. The number of carbonyl (C=O) groups is 2. The average Bonchev–Trinajstić information content (AvgIpc) is 2.70. The van der Waals surface area contributed by atoms with Crippen molar-refractivity contribution in [3.8, 4) is 0 Å². The molecule has 2 amide bonds. The highest BCUT2D eigenvalue weighted by atomic mass is 32.2. The monoisotopic (exact) mass is 402 g/mol. The molecule has 0 bridgehead atoms. The summed E-state index contributed by atoms with van der Waals surface area (Å²) in [5.74, 6) is -0.584. The Labute approximate surface area is 169 Å². The molecule has 1 N–H and O–H groups in total. The van der Waals surface area contributed by atoms with Gasteiger partial charge in [0.15, 0.2) is 0 Å². The number of nitrogens with one attached hydrogen (secondary N) is 1. The van der Waals surface area contributed by atoms with E-state index in [1.165, 1.54) is 28.6 Å². The van der Waals surface area contributed by atoms with Crippen molar-refractivity contribution in [2.24, 2.45) is 7.05 Å². The number of aryl methyl sites for hydroxylation is 1. The molecule has 7 nitrogen and oxygen atoms in total. The van der Waals surface area contributed by atoms with Crippen molar-refractivity contribution < 1.29 is 9.59 Å². The number of anilines is 1. The fourth-order valence-electron chi connectivity index (χ4n) is 2.87. The normalized spacial score (nSPS) is 10.6. The molecule has 0 fully saturated rings. The second-order valence-corrected chi connectivity index (χ2v) is 7.16.